The summed E-state index contributed by atoms with van der Waals surface area (Å²) in [6.07, 6.45) is 6.18. The van der Waals surface area contributed by atoms with E-state index in [0.717, 1.165) is 28.1 Å². The van der Waals surface area contributed by atoms with E-state index in [2.05, 4.69) is 42.4 Å². The zero-order valence-corrected chi connectivity index (χ0v) is 13.0. The lowest BCUT2D eigenvalue weighted by Crippen LogP contribution is -2.11. The van der Waals surface area contributed by atoms with Crippen molar-refractivity contribution in [1.82, 2.24) is 25.1 Å². The van der Waals surface area contributed by atoms with Crippen molar-refractivity contribution in [3.8, 4) is 0 Å². The highest BCUT2D eigenvalue weighted by Crippen LogP contribution is 2.28. The number of hydrogen-bond acceptors (Lipinski definition) is 6. The molecule has 4 aromatic rings. The van der Waals surface area contributed by atoms with Crippen molar-refractivity contribution in [2.45, 2.75) is 0 Å². The smallest absolute Gasteiger partial charge is 0.250 e. The predicted molar refractivity (Wildman–Crippen MR) is 95.5 cm³/mol. The van der Waals surface area contributed by atoms with Gasteiger partial charge < -0.3 is 5.32 Å². The third-order valence-corrected chi connectivity index (χ3v) is 3.66. The van der Waals surface area contributed by atoms with Crippen molar-refractivity contribution >= 4 is 45.2 Å². The molecule has 3 aromatic heterocycles. The Balaban J connectivity index is 1.83. The molecule has 0 unspecified atom stereocenters. The van der Waals surface area contributed by atoms with Crippen LogP contribution in [0.3, 0.4) is 0 Å². The number of carbonyl (C=O) groups excluding carboxylic acids is 1. The molecule has 1 amide bonds. The Morgan fingerprint density at radius 3 is 2.96 bits per heavy atom. The van der Waals surface area contributed by atoms with Gasteiger partial charge in [0.05, 0.1) is 29.1 Å². The molecule has 0 aliphatic rings. The topological polar surface area (TPSA) is 108 Å². The monoisotopic (exact) mass is 331 g/mol. The summed E-state index contributed by atoms with van der Waals surface area (Å²) < 4.78 is 0. The van der Waals surface area contributed by atoms with E-state index >= 15 is 0 Å². The minimum atomic E-state index is -0.383. The van der Waals surface area contributed by atoms with Crippen LogP contribution in [0.4, 0.5) is 17.5 Å². The summed E-state index contributed by atoms with van der Waals surface area (Å²) in [5, 5.41) is 14.6. The summed E-state index contributed by atoms with van der Waals surface area (Å²) in [6, 6.07) is 7.58. The van der Waals surface area contributed by atoms with Crippen LogP contribution in [0.1, 0.15) is 0 Å². The Morgan fingerprint density at radius 2 is 2.08 bits per heavy atom. The summed E-state index contributed by atoms with van der Waals surface area (Å²) in [4.78, 5) is 24.4. The van der Waals surface area contributed by atoms with E-state index in [1.165, 1.54) is 0 Å². The van der Waals surface area contributed by atoms with Crippen molar-refractivity contribution in [2.75, 3.05) is 10.6 Å². The molecule has 0 radical (unpaired) electrons. The highest BCUT2D eigenvalue weighted by Gasteiger charge is 2.11. The number of hydrogen-bond donors (Lipinski definition) is 3. The molecule has 8 heteroatoms. The van der Waals surface area contributed by atoms with Gasteiger partial charge >= 0.3 is 0 Å². The van der Waals surface area contributed by atoms with E-state index in [0.29, 0.717) is 11.3 Å². The summed E-state index contributed by atoms with van der Waals surface area (Å²) in [7, 11) is 0. The number of aromatic nitrogens is 5. The number of anilines is 3. The molecule has 0 bridgehead atoms. The summed E-state index contributed by atoms with van der Waals surface area (Å²) in [5.74, 6) is 0.346. The second kappa shape index (κ2) is 6.00. The standard InChI is InChI=1S/C17H13N7O/c1-2-15(25)22-17-21-14-9-18-7-6-10(14)16(23-17)20-12-4-3-5-13-11(12)8-19-24-13/h2-9H,1H2,(H,19,24)(H2,20,21,22,23,25). The minimum absolute atomic E-state index is 0.173. The third-order valence-electron chi connectivity index (χ3n) is 3.66. The zero-order chi connectivity index (χ0) is 17.2. The van der Waals surface area contributed by atoms with Crippen LogP contribution in [0, 0.1) is 0 Å². The van der Waals surface area contributed by atoms with Crippen LogP contribution < -0.4 is 10.6 Å². The van der Waals surface area contributed by atoms with E-state index < -0.39 is 0 Å². The van der Waals surface area contributed by atoms with Gasteiger partial charge in [0.2, 0.25) is 11.9 Å². The fraction of sp³-hybridized carbons (Fsp3) is 0. The molecule has 0 saturated heterocycles. The number of benzene rings is 1. The summed E-state index contributed by atoms with van der Waals surface area (Å²) in [5.41, 5.74) is 2.35. The molecule has 122 valence electrons. The molecule has 3 heterocycles. The Bertz CT molecular complexity index is 1100. The van der Waals surface area contributed by atoms with Gasteiger partial charge in [-0.3, -0.25) is 20.2 Å². The van der Waals surface area contributed by atoms with Crippen LogP contribution in [0.5, 0.6) is 0 Å². The molecule has 0 spiro atoms. The van der Waals surface area contributed by atoms with E-state index in [1.807, 2.05) is 24.3 Å². The maximum atomic E-state index is 11.6. The lowest BCUT2D eigenvalue weighted by molar-refractivity contribution is -0.111. The van der Waals surface area contributed by atoms with E-state index in [4.69, 9.17) is 0 Å². The average Bonchev–Trinajstić information content (AvgIpc) is 3.11. The SMILES string of the molecule is C=CC(=O)Nc1nc(Nc2cccc3[nH]ncc23)c2ccncc2n1. The molecule has 0 fully saturated rings. The number of pyridine rings is 1. The Morgan fingerprint density at radius 1 is 1.16 bits per heavy atom. The van der Waals surface area contributed by atoms with Crippen molar-refractivity contribution in [3.05, 3.63) is 55.5 Å². The molecule has 25 heavy (non-hydrogen) atoms. The maximum absolute atomic E-state index is 11.6. The van der Waals surface area contributed by atoms with E-state index in [1.54, 1.807) is 18.6 Å². The molecule has 1 aromatic carbocycles. The van der Waals surface area contributed by atoms with Crippen LogP contribution in [-0.4, -0.2) is 31.1 Å². The van der Waals surface area contributed by atoms with Gasteiger partial charge in [0.1, 0.15) is 5.82 Å². The number of carbonyl (C=O) groups is 1. The molecule has 0 atom stereocenters. The highest BCUT2D eigenvalue weighted by atomic mass is 16.1. The number of aromatic amines is 1. The third kappa shape index (κ3) is 2.76. The van der Waals surface area contributed by atoms with Gasteiger partial charge in [0.25, 0.3) is 0 Å². The van der Waals surface area contributed by atoms with Crippen molar-refractivity contribution in [2.24, 2.45) is 0 Å². The first-order valence-electron chi connectivity index (χ1n) is 7.49. The number of rotatable bonds is 4. The fourth-order valence-corrected chi connectivity index (χ4v) is 2.50. The first-order valence-corrected chi connectivity index (χ1v) is 7.49. The van der Waals surface area contributed by atoms with E-state index in [9.17, 15) is 4.79 Å². The first-order chi connectivity index (χ1) is 12.2. The van der Waals surface area contributed by atoms with Crippen molar-refractivity contribution in [1.29, 1.82) is 0 Å². The van der Waals surface area contributed by atoms with Crippen LogP contribution >= 0.6 is 0 Å². The maximum Gasteiger partial charge on any atom is 0.250 e. The number of nitrogens with one attached hydrogen (secondary N) is 3. The van der Waals surface area contributed by atoms with Crippen LogP contribution in [0.2, 0.25) is 0 Å². The summed E-state index contributed by atoms with van der Waals surface area (Å²) in [6.45, 7) is 3.43. The zero-order valence-electron chi connectivity index (χ0n) is 13.0. The van der Waals surface area contributed by atoms with Crippen molar-refractivity contribution in [3.63, 3.8) is 0 Å². The Kier molecular flexibility index (Phi) is 3.55. The molecule has 0 aliphatic carbocycles. The van der Waals surface area contributed by atoms with Crippen LogP contribution in [-0.2, 0) is 4.79 Å². The van der Waals surface area contributed by atoms with Gasteiger partial charge in [0, 0.05) is 17.0 Å². The predicted octanol–water partition coefficient (Wildman–Crippen LogP) is 2.77. The van der Waals surface area contributed by atoms with Crippen LogP contribution in [0.25, 0.3) is 21.8 Å². The van der Waals surface area contributed by atoms with Gasteiger partial charge in [-0.2, -0.15) is 10.1 Å². The highest BCUT2D eigenvalue weighted by molar-refractivity contribution is 6.00. The van der Waals surface area contributed by atoms with Gasteiger partial charge in [-0.25, -0.2) is 4.98 Å². The van der Waals surface area contributed by atoms with Gasteiger partial charge in [0.15, 0.2) is 0 Å². The first kappa shape index (κ1) is 14.8. The Labute approximate surface area is 142 Å². The molecule has 3 N–H and O–H groups in total. The molecule has 0 aliphatic heterocycles. The van der Waals surface area contributed by atoms with Gasteiger partial charge in [-0.1, -0.05) is 12.6 Å². The molecule has 0 saturated carbocycles. The number of nitrogens with zero attached hydrogens (tertiary/aromatic N) is 4. The van der Waals surface area contributed by atoms with Crippen LogP contribution in [0.15, 0.2) is 55.5 Å². The normalized spacial score (nSPS) is 10.7. The number of amides is 1. The van der Waals surface area contributed by atoms with Gasteiger partial charge in [-0.15, -0.1) is 0 Å². The lowest BCUT2D eigenvalue weighted by atomic mass is 10.2. The average molecular weight is 331 g/mol. The number of fused-ring (bicyclic) bond motifs is 2. The second-order valence-electron chi connectivity index (χ2n) is 5.24. The minimum Gasteiger partial charge on any atom is -0.339 e. The quantitative estimate of drug-likeness (QED) is 0.496. The van der Waals surface area contributed by atoms with E-state index in [-0.39, 0.29) is 11.9 Å². The fourth-order valence-electron chi connectivity index (χ4n) is 2.50. The molecule has 8 nitrogen and oxygen atoms in total. The van der Waals surface area contributed by atoms with Crippen molar-refractivity contribution < 1.29 is 4.79 Å². The molecular weight excluding hydrogens is 318 g/mol. The largest absolute Gasteiger partial charge is 0.339 e. The lowest BCUT2D eigenvalue weighted by Gasteiger charge is -2.11. The second-order valence-corrected chi connectivity index (χ2v) is 5.24. The Hall–Kier alpha value is -3.81. The molecular formula is C17H13N7O. The summed E-state index contributed by atoms with van der Waals surface area (Å²) >= 11 is 0. The van der Waals surface area contributed by atoms with Gasteiger partial charge in [-0.05, 0) is 24.3 Å². The number of H-pyrrole nitrogens is 1. The molecule has 4 rings (SSSR count).